The lowest BCUT2D eigenvalue weighted by molar-refractivity contribution is 0.691. The average molecular weight is 343 g/mol. The molecule has 0 saturated heterocycles. The van der Waals surface area contributed by atoms with Crippen LogP contribution in [0.4, 0.5) is 0 Å². The Balaban J connectivity index is 1.60. The van der Waals surface area contributed by atoms with Gasteiger partial charge in [-0.15, -0.1) is 0 Å². The molecule has 0 fully saturated rings. The number of pyridine rings is 1. The smallest absolute Gasteiger partial charge is 0.153 e. The van der Waals surface area contributed by atoms with Gasteiger partial charge in [0.15, 0.2) is 5.82 Å². The third kappa shape index (κ3) is 3.77. The molecule has 0 unspecified atom stereocenters. The minimum atomic E-state index is 0.798. The first-order valence-corrected chi connectivity index (χ1v) is 7.51. The summed E-state index contributed by atoms with van der Waals surface area (Å²) >= 11 is 3.44. The Kier molecular flexibility index (Phi) is 4.43. The van der Waals surface area contributed by atoms with Crippen molar-refractivity contribution in [3.63, 3.8) is 0 Å². The molecule has 3 aromatic rings. The van der Waals surface area contributed by atoms with Crippen molar-refractivity contribution in [2.45, 2.75) is 13.1 Å². The van der Waals surface area contributed by atoms with Gasteiger partial charge in [0, 0.05) is 36.2 Å². The molecule has 0 aliphatic carbocycles. The summed E-state index contributed by atoms with van der Waals surface area (Å²) < 4.78 is 2.86. The van der Waals surface area contributed by atoms with Gasteiger partial charge in [-0.3, -0.25) is 0 Å². The van der Waals surface area contributed by atoms with Crippen molar-refractivity contribution in [1.82, 2.24) is 20.1 Å². The Labute approximate surface area is 132 Å². The first-order chi connectivity index (χ1) is 10.3. The van der Waals surface area contributed by atoms with Crippen molar-refractivity contribution >= 4 is 15.9 Å². The summed E-state index contributed by atoms with van der Waals surface area (Å²) in [5, 5.41) is 7.63. The number of benzene rings is 1. The highest BCUT2D eigenvalue weighted by Gasteiger charge is 2.00. The lowest BCUT2D eigenvalue weighted by Crippen LogP contribution is -2.13. The van der Waals surface area contributed by atoms with Gasteiger partial charge < -0.3 is 5.32 Å². The Morgan fingerprint density at radius 2 is 1.81 bits per heavy atom. The van der Waals surface area contributed by atoms with Crippen LogP contribution in [0.2, 0.25) is 0 Å². The maximum atomic E-state index is 4.33. The Hall–Kier alpha value is -1.98. The quantitative estimate of drug-likeness (QED) is 0.773. The monoisotopic (exact) mass is 342 g/mol. The zero-order valence-corrected chi connectivity index (χ0v) is 13.0. The molecule has 3 rings (SSSR count). The van der Waals surface area contributed by atoms with E-state index in [-0.39, 0.29) is 0 Å². The van der Waals surface area contributed by atoms with E-state index in [2.05, 4.69) is 55.6 Å². The van der Waals surface area contributed by atoms with Gasteiger partial charge in [0.1, 0.15) is 0 Å². The molecule has 0 atom stereocenters. The van der Waals surface area contributed by atoms with Crippen LogP contribution in [-0.4, -0.2) is 14.8 Å². The number of hydrogen-bond acceptors (Lipinski definition) is 3. The third-order valence-electron chi connectivity index (χ3n) is 3.12. The Morgan fingerprint density at radius 3 is 2.57 bits per heavy atom. The number of halogens is 1. The summed E-state index contributed by atoms with van der Waals surface area (Å²) in [6, 6.07) is 14.3. The number of nitrogens with one attached hydrogen (secondary N) is 1. The molecule has 0 amide bonds. The van der Waals surface area contributed by atoms with E-state index in [0.29, 0.717) is 0 Å². The second kappa shape index (κ2) is 6.65. The molecule has 0 aliphatic rings. The van der Waals surface area contributed by atoms with Crippen molar-refractivity contribution in [2.24, 2.45) is 0 Å². The Bertz CT molecular complexity index is 693. The minimum Gasteiger partial charge on any atom is -0.309 e. The SMILES string of the molecule is Brc1ccc(CNCc2ccnc(-n3cccn3)c2)cc1. The molecule has 2 aromatic heterocycles. The first kappa shape index (κ1) is 14.0. The van der Waals surface area contributed by atoms with Crippen LogP contribution in [0.15, 0.2) is 65.5 Å². The van der Waals surface area contributed by atoms with Gasteiger partial charge in [-0.2, -0.15) is 5.10 Å². The molecule has 0 aliphatic heterocycles. The van der Waals surface area contributed by atoms with Crippen LogP contribution in [0.25, 0.3) is 5.82 Å². The lowest BCUT2D eigenvalue weighted by Gasteiger charge is -2.07. The largest absolute Gasteiger partial charge is 0.309 e. The summed E-state index contributed by atoms with van der Waals surface area (Å²) in [5.74, 6) is 0.836. The summed E-state index contributed by atoms with van der Waals surface area (Å²) in [4.78, 5) is 4.33. The van der Waals surface area contributed by atoms with Crippen LogP contribution in [0.1, 0.15) is 11.1 Å². The highest BCUT2D eigenvalue weighted by Crippen LogP contribution is 2.11. The summed E-state index contributed by atoms with van der Waals surface area (Å²) in [6.07, 6.45) is 5.45. The van der Waals surface area contributed by atoms with Gasteiger partial charge in [-0.1, -0.05) is 28.1 Å². The standard InChI is InChI=1S/C16H15BrN4/c17-15-4-2-13(3-5-15)11-18-12-14-6-8-19-16(10-14)21-9-1-7-20-21/h1-10,18H,11-12H2. The van der Waals surface area contributed by atoms with Gasteiger partial charge in [0.2, 0.25) is 0 Å². The minimum absolute atomic E-state index is 0.798. The molecule has 0 spiro atoms. The number of rotatable bonds is 5. The first-order valence-electron chi connectivity index (χ1n) is 6.71. The summed E-state index contributed by atoms with van der Waals surface area (Å²) in [7, 11) is 0. The molecule has 1 aromatic carbocycles. The zero-order chi connectivity index (χ0) is 14.5. The molecule has 0 bridgehead atoms. The number of nitrogens with zero attached hydrogens (tertiary/aromatic N) is 3. The molecule has 0 radical (unpaired) electrons. The Morgan fingerprint density at radius 1 is 1.00 bits per heavy atom. The summed E-state index contributed by atoms with van der Waals surface area (Å²) in [5.41, 5.74) is 2.45. The molecule has 21 heavy (non-hydrogen) atoms. The van der Waals surface area contributed by atoms with Crippen molar-refractivity contribution in [1.29, 1.82) is 0 Å². The molecule has 0 saturated carbocycles. The van der Waals surface area contributed by atoms with Crippen LogP contribution >= 0.6 is 15.9 Å². The molecule has 5 heteroatoms. The normalized spacial score (nSPS) is 10.7. The molecule has 2 heterocycles. The van der Waals surface area contributed by atoms with Crippen LogP contribution in [0.5, 0.6) is 0 Å². The molecule has 106 valence electrons. The van der Waals surface area contributed by atoms with Crippen LogP contribution in [-0.2, 0) is 13.1 Å². The van der Waals surface area contributed by atoms with Crippen LogP contribution < -0.4 is 5.32 Å². The van der Waals surface area contributed by atoms with Crippen LogP contribution in [0, 0.1) is 0 Å². The maximum Gasteiger partial charge on any atom is 0.153 e. The van der Waals surface area contributed by atoms with Crippen molar-refractivity contribution in [3.05, 3.63) is 76.7 Å². The fourth-order valence-electron chi connectivity index (χ4n) is 2.05. The molecule has 4 nitrogen and oxygen atoms in total. The van der Waals surface area contributed by atoms with E-state index in [1.54, 1.807) is 10.9 Å². The predicted octanol–water partition coefficient (Wildman–Crippen LogP) is 3.32. The van der Waals surface area contributed by atoms with E-state index in [0.717, 1.165) is 23.4 Å². The fraction of sp³-hybridized carbons (Fsp3) is 0.125. The van der Waals surface area contributed by atoms with Gasteiger partial charge >= 0.3 is 0 Å². The summed E-state index contributed by atoms with van der Waals surface area (Å²) in [6.45, 7) is 1.64. The topological polar surface area (TPSA) is 42.7 Å². The highest BCUT2D eigenvalue weighted by atomic mass is 79.9. The van der Waals surface area contributed by atoms with Crippen molar-refractivity contribution in [3.8, 4) is 5.82 Å². The van der Waals surface area contributed by atoms with Crippen molar-refractivity contribution in [2.75, 3.05) is 0 Å². The fourth-order valence-corrected chi connectivity index (χ4v) is 2.32. The van der Waals surface area contributed by atoms with Gasteiger partial charge in [0.25, 0.3) is 0 Å². The molecule has 1 N–H and O–H groups in total. The van der Waals surface area contributed by atoms with Crippen LogP contribution in [0.3, 0.4) is 0 Å². The van der Waals surface area contributed by atoms with Gasteiger partial charge in [-0.05, 0) is 41.5 Å². The second-order valence-electron chi connectivity index (χ2n) is 4.70. The third-order valence-corrected chi connectivity index (χ3v) is 3.65. The van der Waals surface area contributed by atoms with E-state index in [1.807, 2.05) is 30.6 Å². The molecular weight excluding hydrogens is 328 g/mol. The number of hydrogen-bond donors (Lipinski definition) is 1. The van der Waals surface area contributed by atoms with Crippen molar-refractivity contribution < 1.29 is 0 Å². The molecular formula is C16H15BrN4. The lowest BCUT2D eigenvalue weighted by atomic mass is 10.2. The van der Waals surface area contributed by atoms with Gasteiger partial charge in [-0.25, -0.2) is 9.67 Å². The highest BCUT2D eigenvalue weighted by molar-refractivity contribution is 9.10. The zero-order valence-electron chi connectivity index (χ0n) is 11.4. The average Bonchev–Trinajstić information content (AvgIpc) is 3.04. The van der Waals surface area contributed by atoms with E-state index >= 15 is 0 Å². The van der Waals surface area contributed by atoms with E-state index in [1.165, 1.54) is 11.1 Å². The maximum absolute atomic E-state index is 4.33. The predicted molar refractivity (Wildman–Crippen MR) is 86.0 cm³/mol. The van der Waals surface area contributed by atoms with Gasteiger partial charge in [0.05, 0.1) is 0 Å². The second-order valence-corrected chi connectivity index (χ2v) is 5.62. The number of aromatic nitrogens is 3. The van der Waals surface area contributed by atoms with E-state index < -0.39 is 0 Å². The van der Waals surface area contributed by atoms with E-state index in [9.17, 15) is 0 Å². The van der Waals surface area contributed by atoms with E-state index in [4.69, 9.17) is 0 Å².